The Morgan fingerprint density at radius 3 is 2.25 bits per heavy atom. The molecule has 0 fully saturated rings. The van der Waals surface area contributed by atoms with E-state index < -0.39 is 39.0 Å². The number of hydrogen-bond acceptors (Lipinski definition) is 3. The monoisotopic (exact) mass is 314 g/mol. The summed E-state index contributed by atoms with van der Waals surface area (Å²) in [5, 5.41) is 0. The zero-order chi connectivity index (χ0) is 15.8. The number of nitrogens with one attached hydrogen (secondary N) is 1. The van der Waals surface area contributed by atoms with Crippen LogP contribution in [0.5, 0.6) is 0 Å². The van der Waals surface area contributed by atoms with Gasteiger partial charge in [-0.1, -0.05) is 20.8 Å². The fourth-order valence-electron chi connectivity index (χ4n) is 1.35. The first kappa shape index (κ1) is 16.7. The maximum atomic E-state index is 13.4. The van der Waals surface area contributed by atoms with Crippen molar-refractivity contribution in [2.45, 2.75) is 32.4 Å². The molecule has 0 atom stereocenters. The molecule has 0 amide bonds. The van der Waals surface area contributed by atoms with Gasteiger partial charge in [0.05, 0.1) is 0 Å². The molecule has 0 aliphatic heterocycles. The minimum absolute atomic E-state index is 0.453. The van der Waals surface area contributed by atoms with Gasteiger partial charge in [0, 0.05) is 6.20 Å². The van der Waals surface area contributed by atoms with Gasteiger partial charge < -0.3 is 0 Å². The van der Waals surface area contributed by atoms with Crippen LogP contribution in [0.25, 0.3) is 0 Å². The Labute approximate surface area is 114 Å². The molecule has 1 aromatic heterocycles. The van der Waals surface area contributed by atoms with E-state index in [1.807, 2.05) is 0 Å². The molecular weight excluding hydrogens is 300 g/mol. The van der Waals surface area contributed by atoms with Gasteiger partial charge in [0.1, 0.15) is 5.69 Å². The lowest BCUT2D eigenvalue weighted by Gasteiger charge is -2.19. The van der Waals surface area contributed by atoms with Crippen molar-refractivity contribution in [2.24, 2.45) is 0 Å². The Bertz CT molecular complexity index is 591. The smallest absolute Gasteiger partial charge is 0.279 e. The van der Waals surface area contributed by atoms with Crippen LogP contribution in [0.1, 0.15) is 26.3 Å². The average molecular weight is 314 g/mol. The van der Waals surface area contributed by atoms with Crippen molar-refractivity contribution in [3.05, 3.63) is 23.8 Å². The van der Waals surface area contributed by atoms with Crippen LogP contribution in [0.2, 0.25) is 0 Å². The maximum Gasteiger partial charge on any atom is 0.404 e. The Balaban J connectivity index is 3.09. The molecule has 0 unspecified atom stereocenters. The quantitative estimate of drug-likeness (QED) is 0.689. The number of pyridine rings is 1. The molecule has 1 N–H and O–H groups in total. The summed E-state index contributed by atoms with van der Waals surface area (Å²) >= 11 is 0. The SMILES string of the molecule is CC(C)(C)c1cnc(F)c(NS(=O)(=O)CC(F)(F)F)c1. The van der Waals surface area contributed by atoms with Crippen LogP contribution in [0.4, 0.5) is 23.2 Å². The first-order valence-corrected chi connectivity index (χ1v) is 7.19. The van der Waals surface area contributed by atoms with E-state index in [0.29, 0.717) is 5.56 Å². The molecule has 1 aromatic rings. The molecule has 0 aromatic carbocycles. The number of halogens is 4. The Kier molecular flexibility index (Phi) is 4.33. The van der Waals surface area contributed by atoms with Crippen molar-refractivity contribution in [3.63, 3.8) is 0 Å². The van der Waals surface area contributed by atoms with Gasteiger partial charge in [-0.05, 0) is 17.0 Å². The van der Waals surface area contributed by atoms with Crippen LogP contribution >= 0.6 is 0 Å². The first-order chi connectivity index (χ1) is 8.80. The van der Waals surface area contributed by atoms with Gasteiger partial charge >= 0.3 is 6.18 Å². The number of nitrogens with zero attached hydrogens (tertiary/aromatic N) is 1. The van der Waals surface area contributed by atoms with Crippen LogP contribution in [0.15, 0.2) is 12.3 Å². The number of rotatable bonds is 3. The molecule has 20 heavy (non-hydrogen) atoms. The highest BCUT2D eigenvalue weighted by Crippen LogP contribution is 2.26. The number of aromatic nitrogens is 1. The molecule has 114 valence electrons. The third kappa shape index (κ3) is 4.95. The molecule has 0 saturated carbocycles. The minimum Gasteiger partial charge on any atom is -0.279 e. The van der Waals surface area contributed by atoms with Crippen molar-refractivity contribution >= 4 is 15.7 Å². The lowest BCUT2D eigenvalue weighted by Crippen LogP contribution is -2.28. The van der Waals surface area contributed by atoms with Crippen LogP contribution in [-0.4, -0.2) is 25.3 Å². The lowest BCUT2D eigenvalue weighted by molar-refractivity contribution is -0.106. The van der Waals surface area contributed by atoms with Gasteiger partial charge in [0.2, 0.25) is 16.0 Å². The van der Waals surface area contributed by atoms with Crippen molar-refractivity contribution in [2.75, 3.05) is 10.5 Å². The number of sulfonamides is 1. The third-order valence-corrected chi connectivity index (χ3v) is 3.56. The summed E-state index contributed by atoms with van der Waals surface area (Å²) < 4.78 is 73.9. The van der Waals surface area contributed by atoms with Crippen LogP contribution in [0, 0.1) is 5.95 Å². The summed E-state index contributed by atoms with van der Waals surface area (Å²) in [7, 11) is -4.73. The topological polar surface area (TPSA) is 59.1 Å². The van der Waals surface area contributed by atoms with E-state index in [2.05, 4.69) is 4.98 Å². The summed E-state index contributed by atoms with van der Waals surface area (Å²) in [6.07, 6.45) is -3.70. The second kappa shape index (κ2) is 5.19. The Hall–Kier alpha value is -1.38. The molecule has 0 radical (unpaired) electrons. The molecule has 4 nitrogen and oxygen atoms in total. The zero-order valence-corrected chi connectivity index (χ0v) is 11.9. The fourth-order valence-corrected chi connectivity index (χ4v) is 2.33. The minimum atomic E-state index is -4.91. The molecule has 0 aliphatic rings. The normalized spacial score (nSPS) is 13.3. The maximum absolute atomic E-state index is 13.4. The van der Waals surface area contributed by atoms with E-state index in [0.717, 1.165) is 6.07 Å². The fraction of sp³-hybridized carbons (Fsp3) is 0.545. The predicted molar refractivity (Wildman–Crippen MR) is 66.4 cm³/mol. The molecule has 0 aliphatic carbocycles. The average Bonchev–Trinajstić information content (AvgIpc) is 2.15. The van der Waals surface area contributed by atoms with E-state index in [9.17, 15) is 26.0 Å². The molecule has 9 heteroatoms. The Morgan fingerprint density at radius 2 is 1.80 bits per heavy atom. The molecule has 1 rings (SSSR count). The van der Waals surface area contributed by atoms with Crippen molar-refractivity contribution < 1.29 is 26.0 Å². The van der Waals surface area contributed by atoms with Gasteiger partial charge in [0.15, 0.2) is 5.75 Å². The highest BCUT2D eigenvalue weighted by molar-refractivity contribution is 7.92. The number of alkyl halides is 3. The zero-order valence-electron chi connectivity index (χ0n) is 11.0. The van der Waals surface area contributed by atoms with E-state index in [1.54, 1.807) is 25.5 Å². The second-order valence-electron chi connectivity index (χ2n) is 5.29. The van der Waals surface area contributed by atoms with E-state index in [1.165, 1.54) is 6.20 Å². The molecule has 0 bridgehead atoms. The Morgan fingerprint density at radius 1 is 1.25 bits per heavy atom. The van der Waals surface area contributed by atoms with Crippen LogP contribution < -0.4 is 4.72 Å². The summed E-state index contributed by atoms with van der Waals surface area (Å²) in [5.41, 5.74) is -0.560. The van der Waals surface area contributed by atoms with Gasteiger partial charge in [-0.25, -0.2) is 13.4 Å². The van der Waals surface area contributed by atoms with Crippen LogP contribution in [0.3, 0.4) is 0 Å². The van der Waals surface area contributed by atoms with Crippen LogP contribution in [-0.2, 0) is 15.4 Å². The molecule has 0 spiro atoms. The molecule has 0 saturated heterocycles. The van der Waals surface area contributed by atoms with Gasteiger partial charge in [0.25, 0.3) is 0 Å². The highest BCUT2D eigenvalue weighted by Gasteiger charge is 2.35. The van der Waals surface area contributed by atoms with E-state index in [4.69, 9.17) is 0 Å². The standard InChI is InChI=1S/C11H14F4N2O2S/c1-10(2,3)7-4-8(9(12)16-5-7)17-20(18,19)6-11(13,14)15/h4-5,17H,6H2,1-3H3. The highest BCUT2D eigenvalue weighted by atomic mass is 32.2. The summed E-state index contributed by atoms with van der Waals surface area (Å²) in [4.78, 5) is 3.35. The molecule has 1 heterocycles. The predicted octanol–water partition coefficient (Wildman–Crippen LogP) is 2.82. The summed E-state index contributed by atoms with van der Waals surface area (Å²) in [6, 6.07) is 1.14. The van der Waals surface area contributed by atoms with Gasteiger partial charge in [-0.2, -0.15) is 17.6 Å². The summed E-state index contributed by atoms with van der Waals surface area (Å²) in [5.74, 6) is -3.26. The molecular formula is C11H14F4N2O2S. The largest absolute Gasteiger partial charge is 0.404 e. The van der Waals surface area contributed by atoms with Crippen molar-refractivity contribution in [1.29, 1.82) is 0 Å². The third-order valence-electron chi connectivity index (χ3n) is 2.32. The first-order valence-electron chi connectivity index (χ1n) is 5.53. The lowest BCUT2D eigenvalue weighted by atomic mass is 9.88. The van der Waals surface area contributed by atoms with Gasteiger partial charge in [-0.15, -0.1) is 0 Å². The number of hydrogen-bond donors (Lipinski definition) is 1. The van der Waals surface area contributed by atoms with Gasteiger partial charge in [-0.3, -0.25) is 4.72 Å². The van der Waals surface area contributed by atoms with E-state index in [-0.39, 0.29) is 0 Å². The second-order valence-corrected chi connectivity index (χ2v) is 7.01. The van der Waals surface area contributed by atoms with E-state index >= 15 is 0 Å². The number of anilines is 1. The summed E-state index contributed by atoms with van der Waals surface area (Å²) in [6.45, 7) is 5.32. The van der Waals surface area contributed by atoms with Crippen molar-refractivity contribution in [3.8, 4) is 0 Å². The van der Waals surface area contributed by atoms with Crippen molar-refractivity contribution in [1.82, 2.24) is 4.98 Å².